The lowest BCUT2D eigenvalue weighted by Gasteiger charge is -1.94. The van der Waals surface area contributed by atoms with E-state index < -0.39 is 0 Å². The van der Waals surface area contributed by atoms with Crippen LogP contribution in [0, 0.1) is 0 Å². The minimum Gasteiger partial charge on any atom is -0.304 e. The first-order chi connectivity index (χ1) is 4.84. The van der Waals surface area contributed by atoms with Crippen LogP contribution < -0.4 is 5.90 Å². The summed E-state index contributed by atoms with van der Waals surface area (Å²) in [5.41, 5.74) is 1.01. The zero-order valence-corrected chi connectivity index (χ0v) is 6.89. The van der Waals surface area contributed by atoms with Crippen molar-refractivity contribution in [3.05, 3.63) is 16.4 Å². The van der Waals surface area contributed by atoms with E-state index in [1.165, 1.54) is 0 Å². The normalized spacial score (nSPS) is 10.2. The van der Waals surface area contributed by atoms with Crippen LogP contribution in [0.15, 0.2) is 10.7 Å². The van der Waals surface area contributed by atoms with E-state index in [-0.39, 0.29) is 0 Å². The SMILES string of the molecule is NOCCc1[nH]ncc1Br. The van der Waals surface area contributed by atoms with Crippen LogP contribution in [-0.4, -0.2) is 16.8 Å². The second-order valence-electron chi connectivity index (χ2n) is 1.82. The van der Waals surface area contributed by atoms with Crippen LogP contribution in [0.4, 0.5) is 0 Å². The molecule has 1 heterocycles. The lowest BCUT2D eigenvalue weighted by Crippen LogP contribution is -2.04. The summed E-state index contributed by atoms with van der Waals surface area (Å²) < 4.78 is 0.963. The van der Waals surface area contributed by atoms with Gasteiger partial charge >= 0.3 is 0 Å². The first kappa shape index (κ1) is 7.71. The summed E-state index contributed by atoms with van der Waals surface area (Å²) in [6.45, 7) is 0.501. The van der Waals surface area contributed by atoms with Crippen molar-refractivity contribution in [2.45, 2.75) is 6.42 Å². The molecule has 0 aliphatic heterocycles. The first-order valence-electron chi connectivity index (χ1n) is 2.84. The molecule has 0 saturated heterocycles. The maximum atomic E-state index is 4.85. The molecule has 0 aliphatic carbocycles. The Bertz CT molecular complexity index is 201. The predicted molar refractivity (Wildman–Crippen MR) is 40.1 cm³/mol. The highest BCUT2D eigenvalue weighted by Gasteiger charge is 1.99. The van der Waals surface area contributed by atoms with E-state index in [1.54, 1.807) is 6.20 Å². The van der Waals surface area contributed by atoms with E-state index in [0.717, 1.165) is 16.6 Å². The Morgan fingerprint density at radius 3 is 3.10 bits per heavy atom. The first-order valence-corrected chi connectivity index (χ1v) is 3.63. The molecule has 0 aliphatic rings. The molecule has 0 radical (unpaired) electrons. The lowest BCUT2D eigenvalue weighted by atomic mass is 10.3. The van der Waals surface area contributed by atoms with Gasteiger partial charge in [-0.25, -0.2) is 5.90 Å². The Morgan fingerprint density at radius 2 is 2.60 bits per heavy atom. The van der Waals surface area contributed by atoms with Crippen LogP contribution in [-0.2, 0) is 11.3 Å². The average molecular weight is 206 g/mol. The highest BCUT2D eigenvalue weighted by Crippen LogP contribution is 2.12. The smallest absolute Gasteiger partial charge is 0.0734 e. The van der Waals surface area contributed by atoms with E-state index in [1.807, 2.05) is 0 Å². The van der Waals surface area contributed by atoms with Crippen molar-refractivity contribution < 1.29 is 4.84 Å². The Labute approximate surface area is 66.8 Å². The van der Waals surface area contributed by atoms with Crippen molar-refractivity contribution in [1.29, 1.82) is 0 Å². The lowest BCUT2D eigenvalue weighted by molar-refractivity contribution is 0.140. The fourth-order valence-corrected chi connectivity index (χ4v) is 1.02. The zero-order valence-electron chi connectivity index (χ0n) is 5.30. The van der Waals surface area contributed by atoms with Crippen LogP contribution in [0.25, 0.3) is 0 Å². The predicted octanol–water partition coefficient (Wildman–Crippen LogP) is 0.605. The van der Waals surface area contributed by atoms with Gasteiger partial charge in [0.1, 0.15) is 0 Å². The average Bonchev–Trinajstić information content (AvgIpc) is 2.31. The number of hydrogen-bond donors (Lipinski definition) is 2. The number of nitrogens with two attached hydrogens (primary N) is 1. The van der Waals surface area contributed by atoms with Gasteiger partial charge in [0, 0.05) is 6.42 Å². The third-order valence-corrected chi connectivity index (χ3v) is 1.82. The number of rotatable bonds is 3. The number of hydrogen-bond acceptors (Lipinski definition) is 3. The van der Waals surface area contributed by atoms with Crippen LogP contribution in [0.5, 0.6) is 0 Å². The van der Waals surface area contributed by atoms with Crippen LogP contribution in [0.3, 0.4) is 0 Å². The number of nitrogens with zero attached hydrogens (tertiary/aromatic N) is 1. The molecule has 0 saturated carbocycles. The minimum atomic E-state index is 0.501. The van der Waals surface area contributed by atoms with Gasteiger partial charge < -0.3 is 4.84 Å². The van der Waals surface area contributed by atoms with Gasteiger partial charge in [0.2, 0.25) is 0 Å². The molecule has 0 fully saturated rings. The van der Waals surface area contributed by atoms with Crippen LogP contribution >= 0.6 is 15.9 Å². The molecular weight excluding hydrogens is 198 g/mol. The molecule has 4 nitrogen and oxygen atoms in total. The minimum absolute atomic E-state index is 0.501. The molecule has 0 aromatic carbocycles. The summed E-state index contributed by atoms with van der Waals surface area (Å²) in [5.74, 6) is 4.85. The van der Waals surface area contributed by atoms with Crippen molar-refractivity contribution >= 4 is 15.9 Å². The van der Waals surface area contributed by atoms with Crippen molar-refractivity contribution in [2.75, 3.05) is 6.61 Å². The van der Waals surface area contributed by atoms with Crippen LogP contribution in [0.2, 0.25) is 0 Å². The number of nitrogens with one attached hydrogen (secondary N) is 1. The monoisotopic (exact) mass is 205 g/mol. The van der Waals surface area contributed by atoms with Crippen molar-refractivity contribution in [3.8, 4) is 0 Å². The fourth-order valence-electron chi connectivity index (χ4n) is 0.634. The topological polar surface area (TPSA) is 63.9 Å². The van der Waals surface area contributed by atoms with E-state index in [4.69, 9.17) is 5.90 Å². The Hall–Kier alpha value is -0.390. The molecule has 0 bridgehead atoms. The molecular formula is C5H8BrN3O. The molecule has 5 heteroatoms. The highest BCUT2D eigenvalue weighted by atomic mass is 79.9. The third kappa shape index (κ3) is 1.80. The van der Waals surface area contributed by atoms with Crippen LogP contribution in [0.1, 0.15) is 5.69 Å². The Balaban J connectivity index is 2.49. The Morgan fingerprint density at radius 1 is 1.80 bits per heavy atom. The number of H-pyrrole nitrogens is 1. The fraction of sp³-hybridized carbons (Fsp3) is 0.400. The standard InChI is InChI=1S/C5H8BrN3O/c6-4-3-8-9-5(4)1-2-10-7/h3H,1-2,7H2,(H,8,9). The zero-order chi connectivity index (χ0) is 7.40. The summed E-state index contributed by atoms with van der Waals surface area (Å²) in [4.78, 5) is 4.40. The summed E-state index contributed by atoms with van der Waals surface area (Å²) in [6.07, 6.45) is 2.45. The molecule has 1 aromatic heterocycles. The molecule has 3 N–H and O–H groups in total. The summed E-state index contributed by atoms with van der Waals surface area (Å²) in [7, 11) is 0. The molecule has 1 rings (SSSR count). The maximum absolute atomic E-state index is 4.85. The molecule has 10 heavy (non-hydrogen) atoms. The Kier molecular flexibility index (Phi) is 2.85. The third-order valence-electron chi connectivity index (χ3n) is 1.14. The summed E-state index contributed by atoms with van der Waals surface area (Å²) in [5, 5.41) is 6.61. The van der Waals surface area contributed by atoms with Gasteiger partial charge in [-0.3, -0.25) is 5.10 Å². The van der Waals surface area contributed by atoms with Crippen molar-refractivity contribution in [2.24, 2.45) is 5.90 Å². The summed E-state index contributed by atoms with van der Waals surface area (Å²) >= 11 is 3.31. The van der Waals surface area contributed by atoms with Gasteiger partial charge in [-0.1, -0.05) is 0 Å². The second-order valence-corrected chi connectivity index (χ2v) is 2.67. The molecule has 56 valence electrons. The van der Waals surface area contributed by atoms with Gasteiger partial charge in [0.05, 0.1) is 23.0 Å². The summed E-state index contributed by atoms with van der Waals surface area (Å²) in [6, 6.07) is 0. The highest BCUT2D eigenvalue weighted by molar-refractivity contribution is 9.10. The second kappa shape index (κ2) is 3.70. The molecule has 0 spiro atoms. The van der Waals surface area contributed by atoms with E-state index in [9.17, 15) is 0 Å². The van der Waals surface area contributed by atoms with Gasteiger partial charge in [0.15, 0.2) is 0 Å². The largest absolute Gasteiger partial charge is 0.304 e. The van der Waals surface area contributed by atoms with E-state index >= 15 is 0 Å². The quantitative estimate of drug-likeness (QED) is 0.712. The van der Waals surface area contributed by atoms with E-state index in [0.29, 0.717) is 6.61 Å². The van der Waals surface area contributed by atoms with Gasteiger partial charge in [-0.05, 0) is 15.9 Å². The van der Waals surface area contributed by atoms with E-state index in [2.05, 4.69) is 31.0 Å². The van der Waals surface area contributed by atoms with Gasteiger partial charge in [-0.2, -0.15) is 5.10 Å². The molecule has 1 aromatic rings. The van der Waals surface area contributed by atoms with Crippen molar-refractivity contribution in [1.82, 2.24) is 10.2 Å². The molecule has 0 amide bonds. The number of aromatic amines is 1. The molecule has 0 unspecified atom stereocenters. The number of aromatic nitrogens is 2. The number of halogens is 1. The van der Waals surface area contributed by atoms with Gasteiger partial charge in [0.25, 0.3) is 0 Å². The van der Waals surface area contributed by atoms with Crippen molar-refractivity contribution in [3.63, 3.8) is 0 Å². The molecule has 0 atom stereocenters. The maximum Gasteiger partial charge on any atom is 0.0734 e. The van der Waals surface area contributed by atoms with Gasteiger partial charge in [-0.15, -0.1) is 0 Å².